The number of likely N-dealkylation sites (tertiary alicyclic amines) is 1. The first-order valence-corrected chi connectivity index (χ1v) is 8.54. The van der Waals surface area contributed by atoms with E-state index < -0.39 is 21.0 Å². The Bertz CT molecular complexity index is 481. The fourth-order valence-electron chi connectivity index (χ4n) is 3.18. The van der Waals surface area contributed by atoms with Crippen molar-refractivity contribution in [3.05, 3.63) is 0 Å². The molecule has 2 aliphatic rings. The maximum absolute atomic E-state index is 12.2. The first-order valence-electron chi connectivity index (χ1n) is 7.04. The summed E-state index contributed by atoms with van der Waals surface area (Å²) in [6.07, 6.45) is 2.00. The normalized spacial score (nSPS) is 31.0. The molecule has 0 aromatic heterocycles. The molecule has 1 aliphatic heterocycles. The van der Waals surface area contributed by atoms with E-state index in [0.29, 0.717) is 25.3 Å². The number of rotatable bonds is 1. The minimum absolute atomic E-state index is 0.134. The van der Waals surface area contributed by atoms with Gasteiger partial charge in [0.1, 0.15) is 5.60 Å². The van der Waals surface area contributed by atoms with Crippen molar-refractivity contribution in [3.63, 3.8) is 0 Å². The zero-order valence-corrected chi connectivity index (χ0v) is 13.0. The van der Waals surface area contributed by atoms with Gasteiger partial charge in [0.25, 0.3) is 10.1 Å². The van der Waals surface area contributed by atoms with E-state index in [9.17, 15) is 17.8 Å². The van der Waals surface area contributed by atoms with E-state index in [-0.39, 0.29) is 12.1 Å². The molecule has 6 nitrogen and oxygen atoms in total. The third-order valence-electron chi connectivity index (χ3n) is 4.10. The third kappa shape index (κ3) is 3.44. The molecule has 1 amide bonds. The van der Waals surface area contributed by atoms with Crippen LogP contribution in [0.15, 0.2) is 0 Å². The van der Waals surface area contributed by atoms with Crippen molar-refractivity contribution in [1.82, 2.24) is 4.90 Å². The number of amides is 1. The van der Waals surface area contributed by atoms with Crippen molar-refractivity contribution in [3.8, 4) is 0 Å². The van der Waals surface area contributed by atoms with E-state index in [2.05, 4.69) is 0 Å². The molecule has 2 fully saturated rings. The molecule has 1 aliphatic carbocycles. The topological polar surface area (TPSA) is 83.9 Å². The molecule has 0 radical (unpaired) electrons. The molecule has 1 N–H and O–H groups in total. The first-order chi connectivity index (χ1) is 9.08. The van der Waals surface area contributed by atoms with Crippen LogP contribution in [0.1, 0.15) is 46.5 Å². The Hall–Kier alpha value is -0.820. The largest absolute Gasteiger partial charge is 0.444 e. The predicted octanol–water partition coefficient (Wildman–Crippen LogP) is 2.05. The number of fused-ring (bicyclic) bond motifs is 1. The summed E-state index contributed by atoms with van der Waals surface area (Å²) in [6.45, 7) is 6.02. The second-order valence-electron chi connectivity index (χ2n) is 6.74. The Morgan fingerprint density at radius 3 is 2.45 bits per heavy atom. The molecule has 3 unspecified atom stereocenters. The zero-order chi connectivity index (χ0) is 15.1. The van der Waals surface area contributed by atoms with Gasteiger partial charge in [0, 0.05) is 12.6 Å². The lowest BCUT2D eigenvalue weighted by atomic mass is 9.85. The van der Waals surface area contributed by atoms with Gasteiger partial charge in [-0.25, -0.2) is 4.79 Å². The molecule has 0 aromatic carbocycles. The van der Waals surface area contributed by atoms with Crippen LogP contribution in [-0.4, -0.2) is 47.4 Å². The summed E-state index contributed by atoms with van der Waals surface area (Å²) in [7, 11) is -4.03. The number of carbonyl (C=O) groups is 1. The highest BCUT2D eigenvalue weighted by molar-refractivity contribution is 7.86. The summed E-state index contributed by atoms with van der Waals surface area (Å²) < 4.78 is 37.2. The summed E-state index contributed by atoms with van der Waals surface area (Å²) in [5.74, 6) is 0.320. The lowest BCUT2D eigenvalue weighted by Gasteiger charge is -2.35. The second-order valence-corrected chi connectivity index (χ2v) is 8.44. The molecule has 1 saturated carbocycles. The Balaban J connectivity index is 2.08. The Kier molecular flexibility index (Phi) is 4.03. The van der Waals surface area contributed by atoms with Crippen molar-refractivity contribution in [2.24, 2.45) is 5.92 Å². The van der Waals surface area contributed by atoms with Crippen molar-refractivity contribution in [2.75, 3.05) is 6.54 Å². The molecule has 0 aromatic rings. The number of nitrogens with zero attached hydrogens (tertiary/aromatic N) is 1. The van der Waals surface area contributed by atoms with Gasteiger partial charge in [-0.05, 0) is 52.4 Å². The van der Waals surface area contributed by atoms with E-state index in [1.165, 1.54) is 0 Å². The molecule has 1 heterocycles. The summed E-state index contributed by atoms with van der Waals surface area (Å²) in [6, 6.07) is -0.134. The monoisotopic (exact) mass is 305 g/mol. The molecule has 116 valence electrons. The average molecular weight is 305 g/mol. The average Bonchev–Trinajstić information content (AvgIpc) is 2.67. The zero-order valence-electron chi connectivity index (χ0n) is 12.2. The van der Waals surface area contributed by atoms with Crippen molar-refractivity contribution >= 4 is 16.2 Å². The number of carbonyl (C=O) groups excluding carboxylic acids is 1. The smallest absolute Gasteiger partial charge is 0.410 e. The van der Waals surface area contributed by atoms with E-state index in [1.54, 1.807) is 25.7 Å². The molecular weight excluding hydrogens is 282 g/mol. The molecule has 20 heavy (non-hydrogen) atoms. The fourth-order valence-corrected chi connectivity index (χ4v) is 4.05. The van der Waals surface area contributed by atoms with Gasteiger partial charge in [-0.1, -0.05) is 0 Å². The molecule has 0 spiro atoms. The molecule has 3 atom stereocenters. The first kappa shape index (κ1) is 15.6. The van der Waals surface area contributed by atoms with Gasteiger partial charge in [-0.2, -0.15) is 8.42 Å². The number of hydrogen-bond donors (Lipinski definition) is 1. The molecule has 2 rings (SSSR count). The van der Waals surface area contributed by atoms with Crippen LogP contribution in [0.4, 0.5) is 4.79 Å². The van der Waals surface area contributed by atoms with Crippen molar-refractivity contribution < 1.29 is 22.5 Å². The predicted molar refractivity (Wildman–Crippen MR) is 74.0 cm³/mol. The van der Waals surface area contributed by atoms with Crippen LogP contribution in [0, 0.1) is 5.92 Å². The van der Waals surface area contributed by atoms with E-state index >= 15 is 0 Å². The van der Waals surface area contributed by atoms with Crippen molar-refractivity contribution in [1.29, 1.82) is 0 Å². The SMILES string of the molecule is CC(C)(C)OC(=O)N1CCC2CCC(S(=O)(=O)O)CC21. The lowest BCUT2D eigenvalue weighted by Crippen LogP contribution is -2.45. The highest BCUT2D eigenvalue weighted by Crippen LogP contribution is 2.38. The minimum atomic E-state index is -4.03. The second kappa shape index (κ2) is 5.18. The van der Waals surface area contributed by atoms with Crippen LogP contribution < -0.4 is 0 Å². The van der Waals surface area contributed by atoms with Gasteiger partial charge in [0.15, 0.2) is 0 Å². The van der Waals surface area contributed by atoms with Gasteiger partial charge in [-0.15, -0.1) is 0 Å². The van der Waals surface area contributed by atoms with Crippen LogP contribution in [-0.2, 0) is 14.9 Å². The highest BCUT2D eigenvalue weighted by atomic mass is 32.2. The van der Waals surface area contributed by atoms with E-state index in [4.69, 9.17) is 4.74 Å². The fraction of sp³-hybridized carbons (Fsp3) is 0.923. The molecule has 7 heteroatoms. The van der Waals surface area contributed by atoms with Crippen LogP contribution in [0.2, 0.25) is 0 Å². The number of hydrogen-bond acceptors (Lipinski definition) is 4. The van der Waals surface area contributed by atoms with Crippen molar-refractivity contribution in [2.45, 2.75) is 63.3 Å². The maximum Gasteiger partial charge on any atom is 0.410 e. The Morgan fingerprint density at radius 2 is 1.90 bits per heavy atom. The van der Waals surface area contributed by atoms with E-state index in [1.807, 2.05) is 0 Å². The summed E-state index contributed by atoms with van der Waals surface area (Å²) >= 11 is 0. The van der Waals surface area contributed by atoms with Gasteiger partial charge >= 0.3 is 6.09 Å². The highest BCUT2D eigenvalue weighted by Gasteiger charge is 2.45. The van der Waals surface area contributed by atoms with E-state index in [0.717, 1.165) is 12.8 Å². The van der Waals surface area contributed by atoms with Crippen LogP contribution in [0.3, 0.4) is 0 Å². The Morgan fingerprint density at radius 1 is 1.25 bits per heavy atom. The Labute approximate surface area is 120 Å². The van der Waals surface area contributed by atoms with Gasteiger partial charge in [0.05, 0.1) is 5.25 Å². The van der Waals surface area contributed by atoms with Gasteiger partial charge < -0.3 is 9.64 Å². The molecule has 0 bridgehead atoms. The maximum atomic E-state index is 12.2. The molecule has 1 saturated heterocycles. The summed E-state index contributed by atoms with van der Waals surface area (Å²) in [5, 5.41) is -0.758. The number of ether oxygens (including phenoxy) is 1. The minimum Gasteiger partial charge on any atom is -0.444 e. The summed E-state index contributed by atoms with van der Waals surface area (Å²) in [4.78, 5) is 13.8. The van der Waals surface area contributed by atoms with Crippen LogP contribution in [0.25, 0.3) is 0 Å². The van der Waals surface area contributed by atoms with Crippen LogP contribution >= 0.6 is 0 Å². The molecular formula is C13H23NO5S. The summed E-state index contributed by atoms with van der Waals surface area (Å²) in [5.41, 5.74) is -0.563. The van der Waals surface area contributed by atoms with Gasteiger partial charge in [0.2, 0.25) is 0 Å². The lowest BCUT2D eigenvalue weighted by molar-refractivity contribution is 0.0182. The standard InChI is InChI=1S/C13H23NO5S/c1-13(2,3)19-12(15)14-7-6-9-4-5-10(8-11(9)14)20(16,17)18/h9-11H,4-8H2,1-3H3,(H,16,17,18). The quantitative estimate of drug-likeness (QED) is 0.750. The van der Waals surface area contributed by atoms with Crippen LogP contribution in [0.5, 0.6) is 0 Å². The third-order valence-corrected chi connectivity index (χ3v) is 5.37. The van der Waals surface area contributed by atoms with Gasteiger partial charge in [-0.3, -0.25) is 4.55 Å².